The molecule has 0 amide bonds. The first kappa shape index (κ1) is 35.9. The maximum atomic E-state index is 5.37. The van der Waals surface area contributed by atoms with Crippen molar-refractivity contribution < 1.29 is 0 Å². The highest BCUT2D eigenvalue weighted by molar-refractivity contribution is 6.13. The number of hydrogen-bond acceptors (Lipinski definition) is 2. The van der Waals surface area contributed by atoms with Gasteiger partial charge in [0.15, 0.2) is 5.82 Å². The van der Waals surface area contributed by atoms with Gasteiger partial charge in [0.1, 0.15) is 0 Å². The van der Waals surface area contributed by atoms with Gasteiger partial charge in [-0.05, 0) is 119 Å². The summed E-state index contributed by atoms with van der Waals surface area (Å²) in [7, 11) is 0. The van der Waals surface area contributed by atoms with Crippen LogP contribution in [0.2, 0.25) is 0 Å². The predicted molar refractivity (Wildman–Crippen MR) is 263 cm³/mol. The largest absolute Gasteiger partial charge is 0.309 e. The van der Waals surface area contributed by atoms with Gasteiger partial charge in [-0.1, -0.05) is 135 Å². The molecule has 0 spiro atoms. The number of allylic oxidation sites excluding steroid dienone is 4. The number of aromatic nitrogens is 4. The van der Waals surface area contributed by atoms with Crippen molar-refractivity contribution in [1.29, 1.82) is 0 Å². The number of hydrogen-bond donors (Lipinski definition) is 0. The molecule has 298 valence electrons. The van der Waals surface area contributed by atoms with E-state index in [1.54, 1.807) is 0 Å². The van der Waals surface area contributed by atoms with Crippen LogP contribution in [-0.4, -0.2) is 19.1 Å². The van der Waals surface area contributed by atoms with E-state index in [2.05, 4.69) is 217 Å². The average Bonchev–Trinajstić information content (AvgIpc) is 3.94. The average molecular weight is 807 g/mol. The minimum atomic E-state index is -0.169. The molecule has 0 bridgehead atoms. The van der Waals surface area contributed by atoms with Gasteiger partial charge in [0.25, 0.3) is 0 Å². The number of fused-ring (bicyclic) bond motifs is 9. The van der Waals surface area contributed by atoms with Crippen LogP contribution in [0, 0.1) is 0 Å². The highest BCUT2D eigenvalue weighted by atomic mass is 15.0. The molecule has 0 fully saturated rings. The summed E-state index contributed by atoms with van der Waals surface area (Å²) >= 11 is 0. The zero-order chi connectivity index (χ0) is 41.8. The second-order valence-corrected chi connectivity index (χ2v) is 17.7. The first-order valence-corrected chi connectivity index (χ1v) is 22.0. The Kier molecular flexibility index (Phi) is 7.74. The molecule has 2 aliphatic carbocycles. The van der Waals surface area contributed by atoms with Crippen LogP contribution in [0.25, 0.3) is 105 Å². The highest BCUT2D eigenvalue weighted by Crippen LogP contribution is 2.52. The van der Waals surface area contributed by atoms with Gasteiger partial charge >= 0.3 is 0 Å². The molecular weight excluding hydrogens is 765 g/mol. The minimum Gasteiger partial charge on any atom is -0.309 e. The van der Waals surface area contributed by atoms with Crippen molar-refractivity contribution in [3.05, 3.63) is 211 Å². The van der Waals surface area contributed by atoms with E-state index in [1.807, 2.05) is 0 Å². The molecule has 0 atom stereocenters. The molecule has 2 aliphatic rings. The smallest absolute Gasteiger partial charge is 0.160 e. The Labute approximate surface area is 365 Å². The van der Waals surface area contributed by atoms with E-state index >= 15 is 0 Å². The number of para-hydroxylation sites is 2. The van der Waals surface area contributed by atoms with Gasteiger partial charge in [-0.2, -0.15) is 0 Å². The van der Waals surface area contributed by atoms with Crippen molar-refractivity contribution in [3.63, 3.8) is 0 Å². The molecule has 63 heavy (non-hydrogen) atoms. The highest BCUT2D eigenvalue weighted by Gasteiger charge is 2.41. The maximum Gasteiger partial charge on any atom is 0.160 e. The van der Waals surface area contributed by atoms with E-state index in [9.17, 15) is 0 Å². The third-order valence-corrected chi connectivity index (χ3v) is 13.8. The molecule has 0 saturated heterocycles. The lowest BCUT2D eigenvalue weighted by molar-refractivity contribution is 0.648. The molecule has 3 aromatic heterocycles. The Morgan fingerprint density at radius 1 is 0.444 bits per heavy atom. The van der Waals surface area contributed by atoms with Crippen molar-refractivity contribution in [1.82, 2.24) is 19.1 Å². The summed E-state index contributed by atoms with van der Waals surface area (Å²) in [4.78, 5) is 10.7. The summed E-state index contributed by atoms with van der Waals surface area (Å²) in [5.74, 6) is 0.766. The predicted octanol–water partition coefficient (Wildman–Crippen LogP) is 15.2. The van der Waals surface area contributed by atoms with E-state index < -0.39 is 0 Å². The first-order valence-electron chi connectivity index (χ1n) is 22.0. The fraction of sp³-hybridized carbons (Fsp3) is 0.0847. The fourth-order valence-electron chi connectivity index (χ4n) is 10.8. The van der Waals surface area contributed by atoms with Crippen LogP contribution in [0.15, 0.2) is 200 Å². The molecule has 0 radical (unpaired) electrons. The SMILES string of the molecule is CC1(C)C2=C(CCC=C2)c2nc(-c3ccc(-n4c5ccccc5c5cc(-c6ccc7c(c6)c6ccccc6n7-c6ccc7ccccc7c6)ccc54)cc3)nc(-c3ccccc3)c21. The summed E-state index contributed by atoms with van der Waals surface area (Å²) in [6.07, 6.45) is 6.68. The monoisotopic (exact) mass is 806 g/mol. The molecule has 4 heteroatoms. The zero-order valence-electron chi connectivity index (χ0n) is 35.2. The zero-order valence-corrected chi connectivity index (χ0v) is 35.2. The van der Waals surface area contributed by atoms with Crippen molar-refractivity contribution in [2.45, 2.75) is 32.1 Å². The first-order chi connectivity index (χ1) is 31.0. The van der Waals surface area contributed by atoms with Crippen molar-refractivity contribution in [2.75, 3.05) is 0 Å². The van der Waals surface area contributed by atoms with Gasteiger partial charge in [-0.15, -0.1) is 0 Å². The molecule has 4 nitrogen and oxygen atoms in total. The van der Waals surface area contributed by atoms with Gasteiger partial charge < -0.3 is 9.13 Å². The molecule has 11 aromatic rings. The molecule has 3 heterocycles. The normalized spacial score (nSPS) is 14.4. The van der Waals surface area contributed by atoms with Gasteiger partial charge in [-0.3, -0.25) is 0 Å². The number of benzene rings is 8. The summed E-state index contributed by atoms with van der Waals surface area (Å²) in [5.41, 5.74) is 17.5. The molecule has 0 unspecified atom stereocenters. The summed E-state index contributed by atoms with van der Waals surface area (Å²) in [5, 5.41) is 7.45. The lowest BCUT2D eigenvalue weighted by Crippen LogP contribution is -2.19. The van der Waals surface area contributed by atoms with Crippen LogP contribution in [0.5, 0.6) is 0 Å². The summed E-state index contributed by atoms with van der Waals surface area (Å²) in [6, 6.07) is 66.3. The third kappa shape index (κ3) is 5.41. The van der Waals surface area contributed by atoms with Crippen molar-refractivity contribution in [2.24, 2.45) is 0 Å². The van der Waals surface area contributed by atoms with E-state index in [0.717, 1.165) is 46.9 Å². The lowest BCUT2D eigenvalue weighted by atomic mass is 9.78. The van der Waals surface area contributed by atoms with Crippen LogP contribution < -0.4 is 0 Å². The van der Waals surface area contributed by atoms with Gasteiger partial charge in [0.05, 0.1) is 33.5 Å². The Balaban J connectivity index is 0.909. The quantitative estimate of drug-likeness (QED) is 0.174. The molecule has 8 aromatic carbocycles. The second-order valence-electron chi connectivity index (χ2n) is 17.7. The van der Waals surface area contributed by atoms with Crippen LogP contribution in [0.4, 0.5) is 0 Å². The topological polar surface area (TPSA) is 35.6 Å². The van der Waals surface area contributed by atoms with Crippen molar-refractivity contribution >= 4 is 60.0 Å². The standard InChI is InChI=1S/C59H42N4/c1-59(2)50-21-11-8-20-47(50)57-55(59)56(38-15-4-3-5-16-38)60-58(61-57)39-25-29-43(30-26-39)62-51-22-12-9-18-45(51)48-35-41(27-32-53(48)62)42-28-33-54-49(36-42)46-19-10-13-23-52(46)63(54)44-31-24-37-14-6-7-17-40(37)34-44/h3-7,9-19,21-36H,8,20H2,1-2H3. The van der Waals surface area contributed by atoms with Gasteiger partial charge in [0.2, 0.25) is 0 Å². The van der Waals surface area contributed by atoms with Crippen LogP contribution >= 0.6 is 0 Å². The van der Waals surface area contributed by atoms with E-state index in [1.165, 1.54) is 87.9 Å². The van der Waals surface area contributed by atoms with E-state index in [0.29, 0.717) is 0 Å². The van der Waals surface area contributed by atoms with Crippen LogP contribution in [0.1, 0.15) is 37.9 Å². The van der Waals surface area contributed by atoms with Gasteiger partial charge in [0, 0.05) is 55.0 Å². The molecule has 0 N–H and O–H groups in total. The fourth-order valence-corrected chi connectivity index (χ4v) is 10.8. The Bertz CT molecular complexity index is 3750. The van der Waals surface area contributed by atoms with Crippen LogP contribution in [-0.2, 0) is 5.41 Å². The maximum absolute atomic E-state index is 5.37. The van der Waals surface area contributed by atoms with E-state index in [-0.39, 0.29) is 5.41 Å². The molecule has 13 rings (SSSR count). The third-order valence-electron chi connectivity index (χ3n) is 13.8. The minimum absolute atomic E-state index is 0.169. The van der Waals surface area contributed by atoms with E-state index in [4.69, 9.17) is 9.97 Å². The lowest BCUT2D eigenvalue weighted by Gasteiger charge is -2.25. The number of rotatable bonds is 5. The van der Waals surface area contributed by atoms with Crippen LogP contribution in [0.3, 0.4) is 0 Å². The Morgan fingerprint density at radius 2 is 1.00 bits per heavy atom. The van der Waals surface area contributed by atoms with Gasteiger partial charge in [-0.25, -0.2) is 9.97 Å². The molecule has 0 saturated carbocycles. The Morgan fingerprint density at radius 3 is 1.70 bits per heavy atom. The molecule has 0 aliphatic heterocycles. The molecular formula is C59H42N4. The van der Waals surface area contributed by atoms with Crippen molar-refractivity contribution in [3.8, 4) is 45.1 Å². The summed E-state index contributed by atoms with van der Waals surface area (Å²) < 4.78 is 4.80. The number of nitrogens with zero attached hydrogens (tertiary/aromatic N) is 4. The second kappa shape index (κ2) is 13.6. The Hall–Kier alpha value is -7.82. The summed E-state index contributed by atoms with van der Waals surface area (Å²) in [6.45, 7) is 4.66.